The number of rotatable bonds is 1. The predicted octanol–water partition coefficient (Wildman–Crippen LogP) is 0.745. The average Bonchev–Trinajstić information content (AvgIpc) is 1.95. The summed E-state index contributed by atoms with van der Waals surface area (Å²) >= 11 is 1.53. The fraction of sp³-hybridized carbons (Fsp3) is 0.333. The molecule has 0 saturated carbocycles. The Hall–Kier alpha value is -0.770. The molecule has 0 atom stereocenters. The van der Waals surface area contributed by atoms with E-state index in [0.717, 1.165) is 9.76 Å². The highest BCUT2D eigenvalue weighted by Crippen LogP contribution is 2.07. The molecule has 0 N–H and O–H groups in total. The fourth-order valence-electron chi connectivity index (χ4n) is 0.599. The van der Waals surface area contributed by atoms with Gasteiger partial charge in [0.15, 0.2) is 0 Å². The van der Waals surface area contributed by atoms with Crippen molar-refractivity contribution < 1.29 is 4.73 Å². The zero-order chi connectivity index (χ0) is 7.56. The average molecular weight is 156 g/mol. The molecule has 0 radical (unpaired) electrons. The van der Waals surface area contributed by atoms with Gasteiger partial charge in [0.1, 0.15) is 0 Å². The van der Waals surface area contributed by atoms with Gasteiger partial charge in [-0.15, -0.1) is 0 Å². The Balaban J connectivity index is 3.04. The zero-order valence-electron chi connectivity index (χ0n) is 5.87. The highest BCUT2D eigenvalue weighted by atomic mass is 32.2. The maximum Gasteiger partial charge on any atom is 0.299 e. The second kappa shape index (κ2) is 2.88. The van der Waals surface area contributed by atoms with Crippen molar-refractivity contribution in [1.82, 2.24) is 4.98 Å². The van der Waals surface area contributed by atoms with Gasteiger partial charge in [0.2, 0.25) is 5.03 Å². The highest BCUT2D eigenvalue weighted by Gasteiger charge is 2.02. The van der Waals surface area contributed by atoms with Gasteiger partial charge in [-0.25, -0.2) is 4.73 Å². The molecule has 1 aromatic rings. The topological polar surface area (TPSA) is 39.8 Å². The van der Waals surface area contributed by atoms with Crippen molar-refractivity contribution in [2.75, 3.05) is 6.26 Å². The van der Waals surface area contributed by atoms with Gasteiger partial charge >= 0.3 is 0 Å². The normalized spacial score (nSPS) is 9.80. The zero-order valence-corrected chi connectivity index (χ0v) is 6.68. The monoisotopic (exact) mass is 156 g/mol. The van der Waals surface area contributed by atoms with Crippen LogP contribution < -0.4 is 4.73 Å². The van der Waals surface area contributed by atoms with E-state index < -0.39 is 0 Å². The van der Waals surface area contributed by atoms with Crippen LogP contribution in [0.1, 0.15) is 5.82 Å². The van der Waals surface area contributed by atoms with Crippen LogP contribution in [0.15, 0.2) is 17.3 Å². The van der Waals surface area contributed by atoms with Crippen LogP contribution in [-0.2, 0) is 0 Å². The Kier molecular flexibility index (Phi) is 2.11. The van der Waals surface area contributed by atoms with Crippen molar-refractivity contribution in [1.29, 1.82) is 0 Å². The lowest BCUT2D eigenvalue weighted by Crippen LogP contribution is -2.30. The molecule has 0 saturated heterocycles. The van der Waals surface area contributed by atoms with Crippen LogP contribution in [-0.4, -0.2) is 11.2 Å². The van der Waals surface area contributed by atoms with Gasteiger partial charge in [0.05, 0.1) is 6.20 Å². The molecule has 0 aliphatic carbocycles. The van der Waals surface area contributed by atoms with E-state index in [4.69, 9.17) is 0 Å². The lowest BCUT2D eigenvalue weighted by Gasteiger charge is -2.00. The molecule has 54 valence electrons. The van der Waals surface area contributed by atoms with Gasteiger partial charge in [-0.05, 0) is 11.2 Å². The Morgan fingerprint density at radius 1 is 1.70 bits per heavy atom. The van der Waals surface area contributed by atoms with Crippen LogP contribution in [0.3, 0.4) is 0 Å². The first-order valence-corrected chi connectivity index (χ1v) is 4.07. The Labute approximate surface area is 63.7 Å². The first-order chi connectivity index (χ1) is 4.74. The number of thioether (sulfide) groups is 1. The Bertz CT molecular complexity index is 239. The third kappa shape index (κ3) is 1.39. The summed E-state index contributed by atoms with van der Waals surface area (Å²) in [6.07, 6.45) is 3.39. The summed E-state index contributed by atoms with van der Waals surface area (Å²) in [5.41, 5.74) is 0. The van der Waals surface area contributed by atoms with Crippen LogP contribution in [0.2, 0.25) is 0 Å². The predicted molar refractivity (Wildman–Crippen MR) is 39.7 cm³/mol. The SMILES string of the molecule is CSc1cc[n+]([O-])c(C)n1. The highest BCUT2D eigenvalue weighted by molar-refractivity contribution is 7.98. The molecule has 0 amide bonds. The van der Waals surface area contributed by atoms with Crippen molar-refractivity contribution in [2.45, 2.75) is 11.9 Å². The lowest BCUT2D eigenvalue weighted by molar-refractivity contribution is -0.616. The van der Waals surface area contributed by atoms with Crippen LogP contribution in [0, 0.1) is 12.1 Å². The molecule has 4 heteroatoms. The minimum absolute atomic E-state index is 0.492. The first-order valence-electron chi connectivity index (χ1n) is 2.85. The van der Waals surface area contributed by atoms with E-state index in [0.29, 0.717) is 5.82 Å². The summed E-state index contributed by atoms with van der Waals surface area (Å²) in [6, 6.07) is 1.70. The van der Waals surface area contributed by atoms with Crippen LogP contribution in [0.5, 0.6) is 0 Å². The van der Waals surface area contributed by atoms with Crippen LogP contribution in [0.25, 0.3) is 0 Å². The van der Waals surface area contributed by atoms with Crippen molar-refractivity contribution in [2.24, 2.45) is 0 Å². The maximum absolute atomic E-state index is 10.7. The molecule has 1 aromatic heterocycles. The van der Waals surface area contributed by atoms with E-state index in [1.807, 2.05) is 6.26 Å². The molecule has 0 fully saturated rings. The van der Waals surface area contributed by atoms with Crippen LogP contribution in [0.4, 0.5) is 0 Å². The molecule has 0 aliphatic heterocycles. The lowest BCUT2D eigenvalue weighted by atomic mass is 10.6. The summed E-state index contributed by atoms with van der Waals surface area (Å²) in [5.74, 6) is 0.492. The first kappa shape index (κ1) is 7.34. The van der Waals surface area contributed by atoms with E-state index in [1.54, 1.807) is 13.0 Å². The summed E-state index contributed by atoms with van der Waals surface area (Å²) in [7, 11) is 0. The smallest absolute Gasteiger partial charge is 0.299 e. The number of aromatic nitrogens is 2. The summed E-state index contributed by atoms with van der Waals surface area (Å²) in [5, 5.41) is 11.6. The Morgan fingerprint density at radius 3 is 2.90 bits per heavy atom. The van der Waals surface area contributed by atoms with Gasteiger partial charge in [0.25, 0.3) is 5.82 Å². The molecule has 0 spiro atoms. The third-order valence-corrected chi connectivity index (χ3v) is 1.80. The van der Waals surface area contributed by atoms with Gasteiger partial charge in [-0.2, -0.15) is 0 Å². The molecular formula is C6H8N2OS. The number of aryl methyl sites for hydroxylation is 1. The van der Waals surface area contributed by atoms with Crippen molar-refractivity contribution in [3.05, 3.63) is 23.3 Å². The Morgan fingerprint density at radius 2 is 2.40 bits per heavy atom. The molecule has 0 aliphatic rings. The quantitative estimate of drug-likeness (QED) is 0.260. The molecule has 10 heavy (non-hydrogen) atoms. The second-order valence-corrected chi connectivity index (χ2v) is 2.67. The third-order valence-electron chi connectivity index (χ3n) is 1.15. The van der Waals surface area contributed by atoms with E-state index in [1.165, 1.54) is 18.0 Å². The summed E-state index contributed by atoms with van der Waals surface area (Å²) in [4.78, 5) is 4.00. The number of hydrogen-bond acceptors (Lipinski definition) is 3. The molecule has 0 bridgehead atoms. The standard InChI is InChI=1S/C6H8N2OS/c1-5-7-6(10-2)3-4-8(5)9/h3-4H,1-2H3. The molecule has 0 aromatic carbocycles. The summed E-state index contributed by atoms with van der Waals surface area (Å²) < 4.78 is 0.750. The second-order valence-electron chi connectivity index (χ2n) is 1.84. The fourth-order valence-corrected chi connectivity index (χ4v) is 1.02. The van der Waals surface area contributed by atoms with Gasteiger partial charge in [-0.3, -0.25) is 0 Å². The van der Waals surface area contributed by atoms with Gasteiger partial charge < -0.3 is 5.21 Å². The van der Waals surface area contributed by atoms with Crippen molar-refractivity contribution in [3.63, 3.8) is 0 Å². The maximum atomic E-state index is 10.7. The molecule has 1 rings (SSSR count). The molecule has 1 heterocycles. The van der Waals surface area contributed by atoms with Crippen molar-refractivity contribution >= 4 is 11.8 Å². The largest absolute Gasteiger partial charge is 0.711 e. The number of nitrogens with zero attached hydrogens (tertiary/aromatic N) is 2. The minimum atomic E-state index is 0.492. The summed E-state index contributed by atoms with van der Waals surface area (Å²) in [6.45, 7) is 1.69. The van der Waals surface area contributed by atoms with Crippen molar-refractivity contribution in [3.8, 4) is 0 Å². The minimum Gasteiger partial charge on any atom is -0.711 e. The van der Waals surface area contributed by atoms with Gasteiger partial charge in [-0.1, -0.05) is 11.8 Å². The van der Waals surface area contributed by atoms with Gasteiger partial charge in [0, 0.05) is 13.0 Å². The van der Waals surface area contributed by atoms with E-state index in [9.17, 15) is 5.21 Å². The molecule has 3 nitrogen and oxygen atoms in total. The molecular weight excluding hydrogens is 148 g/mol. The van der Waals surface area contributed by atoms with E-state index in [-0.39, 0.29) is 0 Å². The molecule has 0 unspecified atom stereocenters. The van der Waals surface area contributed by atoms with Crippen LogP contribution >= 0.6 is 11.8 Å². The van der Waals surface area contributed by atoms with E-state index in [2.05, 4.69) is 4.98 Å². The number of hydrogen-bond donors (Lipinski definition) is 0. The van der Waals surface area contributed by atoms with E-state index >= 15 is 0 Å².